The maximum atomic E-state index is 9.83. The van der Waals surface area contributed by atoms with Gasteiger partial charge in [0.25, 0.3) is 0 Å². The first-order valence-electron chi connectivity index (χ1n) is 7.82. The molecule has 0 spiro atoms. The third-order valence-electron chi connectivity index (χ3n) is 4.04. The van der Waals surface area contributed by atoms with Crippen LogP contribution < -0.4 is 5.32 Å². The molecule has 0 amide bonds. The van der Waals surface area contributed by atoms with E-state index in [1.54, 1.807) is 0 Å². The fourth-order valence-corrected chi connectivity index (χ4v) is 2.71. The molecule has 1 aliphatic heterocycles. The highest BCUT2D eigenvalue weighted by Crippen LogP contribution is 2.25. The molecule has 0 bridgehead atoms. The Bertz CT molecular complexity index is 451. The Morgan fingerprint density at radius 1 is 1.29 bits per heavy atom. The van der Waals surface area contributed by atoms with Crippen molar-refractivity contribution in [2.45, 2.75) is 25.3 Å². The van der Waals surface area contributed by atoms with Gasteiger partial charge in [0, 0.05) is 19.6 Å². The van der Waals surface area contributed by atoms with E-state index in [1.165, 1.54) is 0 Å². The Hall–Kier alpha value is -1.41. The van der Waals surface area contributed by atoms with Gasteiger partial charge in [0.15, 0.2) is 0 Å². The summed E-state index contributed by atoms with van der Waals surface area (Å²) in [5.74, 6) is 0. The molecule has 1 aromatic carbocycles. The molecule has 2 rings (SSSR count). The van der Waals surface area contributed by atoms with Crippen molar-refractivity contribution in [3.63, 3.8) is 0 Å². The molecule has 0 aliphatic carbocycles. The van der Waals surface area contributed by atoms with Gasteiger partial charge in [-0.25, -0.2) is 0 Å². The average Bonchev–Trinajstić information content (AvgIpc) is 2.57. The van der Waals surface area contributed by atoms with Crippen molar-refractivity contribution in [2.24, 2.45) is 0 Å². The molecule has 1 fully saturated rings. The quantitative estimate of drug-likeness (QED) is 0.834. The summed E-state index contributed by atoms with van der Waals surface area (Å²) in [6.45, 7) is 7.42. The van der Waals surface area contributed by atoms with Crippen LogP contribution in [-0.2, 0) is 10.3 Å². The molecule has 4 heteroatoms. The second-order valence-corrected chi connectivity index (χ2v) is 5.51. The SMILES string of the molecule is CCCNC(C#N)(CCN1CCOCC1)c1ccccc1. The Morgan fingerprint density at radius 2 is 2.00 bits per heavy atom. The molecule has 1 N–H and O–H groups in total. The second kappa shape index (κ2) is 8.14. The van der Waals surface area contributed by atoms with Crippen LogP contribution in [0.2, 0.25) is 0 Å². The summed E-state index contributed by atoms with van der Waals surface area (Å²) in [6, 6.07) is 12.6. The summed E-state index contributed by atoms with van der Waals surface area (Å²) < 4.78 is 5.39. The number of ether oxygens (including phenoxy) is 1. The minimum Gasteiger partial charge on any atom is -0.379 e. The molecule has 1 aromatic rings. The number of benzene rings is 1. The van der Waals surface area contributed by atoms with Gasteiger partial charge in [-0.05, 0) is 24.9 Å². The Labute approximate surface area is 127 Å². The lowest BCUT2D eigenvalue weighted by molar-refractivity contribution is 0.0347. The smallest absolute Gasteiger partial charge is 0.133 e. The molecular weight excluding hydrogens is 262 g/mol. The van der Waals surface area contributed by atoms with E-state index in [9.17, 15) is 5.26 Å². The van der Waals surface area contributed by atoms with Crippen LogP contribution in [0.25, 0.3) is 0 Å². The van der Waals surface area contributed by atoms with E-state index in [1.807, 2.05) is 30.3 Å². The zero-order valence-electron chi connectivity index (χ0n) is 12.8. The highest BCUT2D eigenvalue weighted by molar-refractivity contribution is 5.31. The summed E-state index contributed by atoms with van der Waals surface area (Å²) in [7, 11) is 0. The monoisotopic (exact) mass is 287 g/mol. The molecule has 0 saturated carbocycles. The van der Waals surface area contributed by atoms with Gasteiger partial charge in [0.1, 0.15) is 5.54 Å². The van der Waals surface area contributed by atoms with Gasteiger partial charge in [-0.3, -0.25) is 10.2 Å². The predicted octanol–water partition coefficient (Wildman–Crippen LogP) is 2.13. The first-order chi connectivity index (χ1) is 10.3. The second-order valence-electron chi connectivity index (χ2n) is 5.51. The summed E-state index contributed by atoms with van der Waals surface area (Å²) in [6.07, 6.45) is 1.82. The fourth-order valence-electron chi connectivity index (χ4n) is 2.71. The predicted molar refractivity (Wildman–Crippen MR) is 83.9 cm³/mol. The van der Waals surface area contributed by atoms with Crippen LogP contribution in [0.1, 0.15) is 25.3 Å². The number of nitriles is 1. The number of nitrogens with zero attached hydrogens (tertiary/aromatic N) is 2. The lowest BCUT2D eigenvalue weighted by atomic mass is 9.87. The molecule has 114 valence electrons. The third kappa shape index (κ3) is 4.28. The summed E-state index contributed by atoms with van der Waals surface area (Å²) in [5.41, 5.74) is 0.476. The summed E-state index contributed by atoms with van der Waals surface area (Å²) in [5, 5.41) is 13.3. The molecule has 4 nitrogen and oxygen atoms in total. The van der Waals surface area contributed by atoms with Gasteiger partial charge >= 0.3 is 0 Å². The lowest BCUT2D eigenvalue weighted by Crippen LogP contribution is -2.46. The van der Waals surface area contributed by atoms with E-state index in [0.29, 0.717) is 0 Å². The normalized spacial score (nSPS) is 18.9. The van der Waals surface area contributed by atoms with Crippen molar-refractivity contribution in [3.05, 3.63) is 35.9 Å². The van der Waals surface area contributed by atoms with Crippen molar-refractivity contribution >= 4 is 0 Å². The van der Waals surface area contributed by atoms with Gasteiger partial charge in [-0.2, -0.15) is 5.26 Å². The van der Waals surface area contributed by atoms with Crippen LogP contribution in [0, 0.1) is 11.3 Å². The topological polar surface area (TPSA) is 48.3 Å². The first kappa shape index (κ1) is 16.0. The largest absolute Gasteiger partial charge is 0.379 e. The summed E-state index contributed by atoms with van der Waals surface area (Å²) in [4.78, 5) is 2.38. The van der Waals surface area contributed by atoms with Crippen LogP contribution in [0.3, 0.4) is 0 Å². The maximum Gasteiger partial charge on any atom is 0.133 e. The standard InChI is InChI=1S/C17H25N3O/c1-2-9-19-17(15-18,16-6-4-3-5-7-16)8-10-20-11-13-21-14-12-20/h3-7,19H,2,8-14H2,1H3. The Kier molecular flexibility index (Phi) is 6.19. The molecule has 1 saturated heterocycles. The Balaban J connectivity index is 2.09. The highest BCUT2D eigenvalue weighted by atomic mass is 16.5. The highest BCUT2D eigenvalue weighted by Gasteiger charge is 2.32. The van der Waals surface area contributed by atoms with Crippen molar-refractivity contribution in [1.82, 2.24) is 10.2 Å². The molecule has 0 aromatic heterocycles. The fraction of sp³-hybridized carbons (Fsp3) is 0.588. The molecular formula is C17H25N3O. The van der Waals surface area contributed by atoms with E-state index in [4.69, 9.17) is 4.74 Å². The minimum atomic E-state index is -0.588. The lowest BCUT2D eigenvalue weighted by Gasteiger charge is -2.33. The zero-order valence-corrected chi connectivity index (χ0v) is 12.8. The molecule has 1 heterocycles. The number of morpholine rings is 1. The van der Waals surface area contributed by atoms with Crippen LogP contribution >= 0.6 is 0 Å². The van der Waals surface area contributed by atoms with Crippen LogP contribution in [0.4, 0.5) is 0 Å². The van der Waals surface area contributed by atoms with E-state index in [0.717, 1.165) is 57.8 Å². The van der Waals surface area contributed by atoms with E-state index >= 15 is 0 Å². The maximum absolute atomic E-state index is 9.83. The number of rotatable bonds is 7. The third-order valence-corrected chi connectivity index (χ3v) is 4.04. The van der Waals surface area contributed by atoms with Gasteiger partial charge < -0.3 is 4.74 Å². The first-order valence-corrected chi connectivity index (χ1v) is 7.82. The molecule has 1 aliphatic rings. The van der Waals surface area contributed by atoms with Crippen molar-refractivity contribution < 1.29 is 4.74 Å². The van der Waals surface area contributed by atoms with E-state index < -0.39 is 5.54 Å². The Morgan fingerprint density at radius 3 is 2.62 bits per heavy atom. The average molecular weight is 287 g/mol. The number of hydrogen-bond acceptors (Lipinski definition) is 4. The summed E-state index contributed by atoms with van der Waals surface area (Å²) >= 11 is 0. The van der Waals surface area contributed by atoms with E-state index in [-0.39, 0.29) is 0 Å². The molecule has 1 unspecified atom stereocenters. The van der Waals surface area contributed by atoms with Crippen molar-refractivity contribution in [3.8, 4) is 6.07 Å². The van der Waals surface area contributed by atoms with Gasteiger partial charge in [-0.1, -0.05) is 37.3 Å². The van der Waals surface area contributed by atoms with Crippen LogP contribution in [-0.4, -0.2) is 44.3 Å². The molecule has 0 radical (unpaired) electrons. The van der Waals surface area contributed by atoms with Gasteiger partial charge in [0.05, 0.1) is 19.3 Å². The zero-order chi connectivity index (χ0) is 15.0. The van der Waals surface area contributed by atoms with Crippen LogP contribution in [0.15, 0.2) is 30.3 Å². The number of hydrogen-bond donors (Lipinski definition) is 1. The van der Waals surface area contributed by atoms with Crippen LogP contribution in [0.5, 0.6) is 0 Å². The minimum absolute atomic E-state index is 0.588. The van der Waals surface area contributed by atoms with Gasteiger partial charge in [-0.15, -0.1) is 0 Å². The van der Waals surface area contributed by atoms with Gasteiger partial charge in [0.2, 0.25) is 0 Å². The van der Waals surface area contributed by atoms with E-state index in [2.05, 4.69) is 23.2 Å². The molecule has 21 heavy (non-hydrogen) atoms. The molecule has 1 atom stereocenters. The van der Waals surface area contributed by atoms with Crippen molar-refractivity contribution in [1.29, 1.82) is 5.26 Å². The number of nitrogens with one attached hydrogen (secondary N) is 1. The van der Waals surface area contributed by atoms with Crippen molar-refractivity contribution in [2.75, 3.05) is 39.4 Å².